The van der Waals surface area contributed by atoms with E-state index in [4.69, 9.17) is 5.73 Å². The van der Waals surface area contributed by atoms with Gasteiger partial charge in [0.25, 0.3) is 5.91 Å². The molecular formula is C12H18N2OS. The van der Waals surface area contributed by atoms with Crippen LogP contribution in [0.25, 0.3) is 0 Å². The second-order valence-corrected chi connectivity index (χ2v) is 5.15. The van der Waals surface area contributed by atoms with E-state index in [1.165, 1.54) is 25.7 Å². The molecule has 1 atom stereocenters. The molecule has 2 rings (SSSR count). The number of nitrogens with one attached hydrogen (secondary N) is 1. The number of amides is 1. The van der Waals surface area contributed by atoms with Crippen molar-refractivity contribution in [2.75, 3.05) is 6.54 Å². The monoisotopic (exact) mass is 238 g/mol. The van der Waals surface area contributed by atoms with Gasteiger partial charge in [0.2, 0.25) is 0 Å². The fraction of sp³-hybridized carbons (Fsp3) is 0.583. The predicted molar refractivity (Wildman–Crippen MR) is 66.6 cm³/mol. The summed E-state index contributed by atoms with van der Waals surface area (Å²) >= 11 is 1.54. The van der Waals surface area contributed by atoms with E-state index in [-0.39, 0.29) is 11.9 Å². The molecule has 0 spiro atoms. The molecule has 0 aliphatic heterocycles. The van der Waals surface area contributed by atoms with Gasteiger partial charge < -0.3 is 11.1 Å². The molecule has 1 amide bonds. The highest BCUT2D eigenvalue weighted by atomic mass is 32.1. The minimum atomic E-state index is 0.0172. The lowest BCUT2D eigenvalue weighted by atomic mass is 9.98. The Morgan fingerprint density at radius 1 is 1.56 bits per heavy atom. The molecule has 1 saturated carbocycles. The fourth-order valence-electron chi connectivity index (χ4n) is 2.37. The van der Waals surface area contributed by atoms with Crippen LogP contribution in [0.3, 0.4) is 0 Å². The molecule has 88 valence electrons. The molecule has 0 bridgehead atoms. The lowest BCUT2D eigenvalue weighted by Gasteiger charge is -2.22. The second kappa shape index (κ2) is 5.46. The maximum Gasteiger partial charge on any atom is 0.252 e. The zero-order valence-electron chi connectivity index (χ0n) is 9.32. The number of carbonyl (C=O) groups is 1. The van der Waals surface area contributed by atoms with E-state index in [9.17, 15) is 4.79 Å². The smallest absolute Gasteiger partial charge is 0.252 e. The first-order valence-electron chi connectivity index (χ1n) is 5.84. The Bertz CT molecular complexity index is 331. The predicted octanol–water partition coefficient (Wildman–Crippen LogP) is 2.00. The van der Waals surface area contributed by atoms with Gasteiger partial charge in [-0.15, -0.1) is 0 Å². The molecule has 4 heteroatoms. The first kappa shape index (κ1) is 11.6. The van der Waals surface area contributed by atoms with Gasteiger partial charge in [-0.25, -0.2) is 0 Å². The van der Waals surface area contributed by atoms with Crippen LogP contribution in [0.2, 0.25) is 0 Å². The van der Waals surface area contributed by atoms with Crippen LogP contribution < -0.4 is 11.1 Å². The Morgan fingerprint density at radius 2 is 2.31 bits per heavy atom. The van der Waals surface area contributed by atoms with Crippen molar-refractivity contribution in [2.24, 2.45) is 11.7 Å². The summed E-state index contributed by atoms with van der Waals surface area (Å²) in [7, 11) is 0. The summed E-state index contributed by atoms with van der Waals surface area (Å²) in [4.78, 5) is 11.9. The molecule has 0 radical (unpaired) electrons. The van der Waals surface area contributed by atoms with Crippen LogP contribution in [0.5, 0.6) is 0 Å². The Balaban J connectivity index is 1.93. The van der Waals surface area contributed by atoms with Crippen LogP contribution in [-0.4, -0.2) is 18.5 Å². The first-order chi connectivity index (χ1) is 7.81. The maximum atomic E-state index is 11.9. The third kappa shape index (κ3) is 2.62. The van der Waals surface area contributed by atoms with Crippen molar-refractivity contribution in [3.05, 3.63) is 22.4 Å². The van der Waals surface area contributed by atoms with Crippen molar-refractivity contribution in [1.29, 1.82) is 0 Å². The van der Waals surface area contributed by atoms with Gasteiger partial charge in [-0.3, -0.25) is 4.79 Å². The molecule has 1 aliphatic rings. The largest absolute Gasteiger partial charge is 0.348 e. The summed E-state index contributed by atoms with van der Waals surface area (Å²) in [6.07, 6.45) is 4.95. The van der Waals surface area contributed by atoms with Gasteiger partial charge in [-0.05, 0) is 30.2 Å². The number of hydrogen-bond acceptors (Lipinski definition) is 3. The van der Waals surface area contributed by atoms with Crippen LogP contribution in [0, 0.1) is 5.92 Å². The van der Waals surface area contributed by atoms with Crippen molar-refractivity contribution in [1.82, 2.24) is 5.32 Å². The number of hydrogen-bond donors (Lipinski definition) is 2. The first-order valence-corrected chi connectivity index (χ1v) is 6.78. The zero-order chi connectivity index (χ0) is 11.4. The van der Waals surface area contributed by atoms with Gasteiger partial charge in [0.05, 0.1) is 0 Å². The average molecular weight is 238 g/mol. The summed E-state index contributed by atoms with van der Waals surface area (Å²) in [5.41, 5.74) is 6.49. The lowest BCUT2D eigenvalue weighted by Crippen LogP contribution is -2.44. The number of thiophene rings is 1. The summed E-state index contributed by atoms with van der Waals surface area (Å²) in [6, 6.07) is 2.00. The minimum absolute atomic E-state index is 0.0172. The van der Waals surface area contributed by atoms with E-state index >= 15 is 0 Å². The third-order valence-electron chi connectivity index (χ3n) is 3.32. The molecule has 0 saturated heterocycles. The molecule has 0 aromatic carbocycles. The lowest BCUT2D eigenvalue weighted by molar-refractivity contribution is 0.0924. The molecule has 3 nitrogen and oxygen atoms in total. The van der Waals surface area contributed by atoms with Crippen LogP contribution in [0.15, 0.2) is 16.8 Å². The van der Waals surface area contributed by atoms with Gasteiger partial charge in [-0.1, -0.05) is 12.8 Å². The SMILES string of the molecule is NCC(NC(=O)c1ccsc1)C1CCCC1. The average Bonchev–Trinajstić information content (AvgIpc) is 2.96. The van der Waals surface area contributed by atoms with Crippen LogP contribution in [0.1, 0.15) is 36.0 Å². The van der Waals surface area contributed by atoms with E-state index in [1.54, 1.807) is 11.3 Å². The summed E-state index contributed by atoms with van der Waals surface area (Å²) < 4.78 is 0. The Labute approximate surface area is 100 Å². The van der Waals surface area contributed by atoms with Gasteiger partial charge in [0.1, 0.15) is 0 Å². The van der Waals surface area contributed by atoms with Crippen LogP contribution in [-0.2, 0) is 0 Å². The van der Waals surface area contributed by atoms with Gasteiger partial charge >= 0.3 is 0 Å². The highest BCUT2D eigenvalue weighted by Crippen LogP contribution is 2.27. The van der Waals surface area contributed by atoms with E-state index in [2.05, 4.69) is 5.32 Å². The zero-order valence-corrected chi connectivity index (χ0v) is 10.1. The quantitative estimate of drug-likeness (QED) is 0.843. The second-order valence-electron chi connectivity index (χ2n) is 4.37. The van der Waals surface area contributed by atoms with Gasteiger partial charge in [-0.2, -0.15) is 11.3 Å². The third-order valence-corrected chi connectivity index (χ3v) is 4.01. The normalized spacial score (nSPS) is 18.6. The van der Waals surface area contributed by atoms with Gasteiger partial charge in [0, 0.05) is 23.5 Å². The molecular weight excluding hydrogens is 220 g/mol. The van der Waals surface area contributed by atoms with E-state index in [1.807, 2.05) is 16.8 Å². The van der Waals surface area contributed by atoms with Crippen molar-refractivity contribution >= 4 is 17.2 Å². The van der Waals surface area contributed by atoms with Crippen molar-refractivity contribution in [3.8, 4) is 0 Å². The number of nitrogens with two attached hydrogens (primary N) is 1. The van der Waals surface area contributed by atoms with E-state index in [0.29, 0.717) is 12.5 Å². The minimum Gasteiger partial charge on any atom is -0.348 e. The summed E-state index contributed by atoms with van der Waals surface area (Å²) in [5, 5.41) is 6.84. The van der Waals surface area contributed by atoms with Crippen LogP contribution >= 0.6 is 11.3 Å². The van der Waals surface area contributed by atoms with E-state index in [0.717, 1.165) is 5.56 Å². The molecule has 1 aromatic rings. The maximum absolute atomic E-state index is 11.9. The molecule has 1 aliphatic carbocycles. The Morgan fingerprint density at radius 3 is 2.88 bits per heavy atom. The van der Waals surface area contributed by atoms with Gasteiger partial charge in [0.15, 0.2) is 0 Å². The van der Waals surface area contributed by atoms with Crippen LogP contribution in [0.4, 0.5) is 0 Å². The van der Waals surface area contributed by atoms with Crippen molar-refractivity contribution in [2.45, 2.75) is 31.7 Å². The Kier molecular flexibility index (Phi) is 3.96. The summed E-state index contributed by atoms with van der Waals surface area (Å²) in [6.45, 7) is 0.542. The highest BCUT2D eigenvalue weighted by molar-refractivity contribution is 7.08. The molecule has 16 heavy (non-hydrogen) atoms. The Hall–Kier alpha value is -0.870. The van der Waals surface area contributed by atoms with Crippen molar-refractivity contribution in [3.63, 3.8) is 0 Å². The number of carbonyl (C=O) groups excluding carboxylic acids is 1. The molecule has 1 fully saturated rings. The highest BCUT2D eigenvalue weighted by Gasteiger charge is 2.25. The number of rotatable bonds is 4. The fourth-order valence-corrected chi connectivity index (χ4v) is 3.01. The topological polar surface area (TPSA) is 55.1 Å². The molecule has 1 aromatic heterocycles. The van der Waals surface area contributed by atoms with Crippen molar-refractivity contribution < 1.29 is 4.79 Å². The van der Waals surface area contributed by atoms with E-state index < -0.39 is 0 Å². The molecule has 1 unspecified atom stereocenters. The standard InChI is InChI=1S/C12H18N2OS/c13-7-11(9-3-1-2-4-9)14-12(15)10-5-6-16-8-10/h5-6,8-9,11H,1-4,7,13H2,(H,14,15). The molecule has 3 N–H and O–H groups in total. The molecule has 1 heterocycles. The summed E-state index contributed by atoms with van der Waals surface area (Å²) in [5.74, 6) is 0.594.